The zero-order valence-corrected chi connectivity index (χ0v) is 11.4. The fourth-order valence-corrected chi connectivity index (χ4v) is 1.72. The van der Waals surface area contributed by atoms with Gasteiger partial charge in [-0.15, -0.1) is 0 Å². The summed E-state index contributed by atoms with van der Waals surface area (Å²) in [4.78, 5) is 18.6. The SMILES string of the molecule is CNc1nc(C)cc(Oc2ccc([N+](=O)[O-])c(C)c2)n1. The summed E-state index contributed by atoms with van der Waals surface area (Å²) in [6, 6.07) is 6.26. The van der Waals surface area contributed by atoms with Crippen LogP contribution in [0.5, 0.6) is 11.6 Å². The summed E-state index contributed by atoms with van der Waals surface area (Å²) in [5.74, 6) is 1.34. The van der Waals surface area contributed by atoms with Crippen molar-refractivity contribution in [3.63, 3.8) is 0 Å². The molecule has 0 spiro atoms. The molecule has 2 rings (SSSR count). The molecule has 104 valence electrons. The van der Waals surface area contributed by atoms with Crippen molar-refractivity contribution in [2.45, 2.75) is 13.8 Å². The summed E-state index contributed by atoms with van der Waals surface area (Å²) < 4.78 is 5.60. The van der Waals surface area contributed by atoms with E-state index in [9.17, 15) is 10.1 Å². The second kappa shape index (κ2) is 5.52. The van der Waals surface area contributed by atoms with E-state index in [1.807, 2.05) is 6.92 Å². The molecular weight excluding hydrogens is 260 g/mol. The summed E-state index contributed by atoms with van der Waals surface area (Å²) in [6.45, 7) is 3.49. The average Bonchev–Trinajstić information content (AvgIpc) is 2.37. The van der Waals surface area contributed by atoms with E-state index in [1.165, 1.54) is 6.07 Å². The number of nitrogens with one attached hydrogen (secondary N) is 1. The number of aryl methyl sites for hydroxylation is 2. The summed E-state index contributed by atoms with van der Waals surface area (Å²) >= 11 is 0. The van der Waals surface area contributed by atoms with E-state index in [2.05, 4.69) is 15.3 Å². The molecule has 0 saturated heterocycles. The van der Waals surface area contributed by atoms with Crippen molar-refractivity contribution in [2.75, 3.05) is 12.4 Å². The molecule has 7 nitrogen and oxygen atoms in total. The van der Waals surface area contributed by atoms with Crippen LogP contribution in [0, 0.1) is 24.0 Å². The maximum atomic E-state index is 10.8. The standard InChI is InChI=1S/C13H14N4O3/c1-8-6-10(4-5-11(8)17(18)19)20-12-7-9(2)15-13(14-3)16-12/h4-7H,1-3H3,(H,14,15,16). The summed E-state index contributed by atoms with van der Waals surface area (Å²) in [5.41, 5.74) is 1.36. The van der Waals surface area contributed by atoms with Gasteiger partial charge in [0, 0.05) is 30.4 Å². The number of nitro groups is 1. The quantitative estimate of drug-likeness (QED) is 0.681. The van der Waals surface area contributed by atoms with Gasteiger partial charge in [0.25, 0.3) is 5.69 Å². The highest BCUT2D eigenvalue weighted by molar-refractivity contribution is 5.45. The predicted octanol–water partition coefficient (Wildman–Crippen LogP) is 2.84. The number of hydrogen-bond acceptors (Lipinski definition) is 6. The van der Waals surface area contributed by atoms with Gasteiger partial charge in [-0.05, 0) is 26.0 Å². The number of hydrogen-bond donors (Lipinski definition) is 1. The number of nitrogens with zero attached hydrogens (tertiary/aromatic N) is 3. The van der Waals surface area contributed by atoms with Crippen molar-refractivity contribution >= 4 is 11.6 Å². The number of nitro benzene ring substituents is 1. The van der Waals surface area contributed by atoms with E-state index in [1.54, 1.807) is 32.2 Å². The van der Waals surface area contributed by atoms with Crippen LogP contribution in [0.1, 0.15) is 11.3 Å². The number of benzene rings is 1. The first-order valence-corrected chi connectivity index (χ1v) is 5.96. The first kappa shape index (κ1) is 13.7. The molecule has 0 radical (unpaired) electrons. The van der Waals surface area contributed by atoms with Crippen molar-refractivity contribution in [1.29, 1.82) is 0 Å². The Labute approximate surface area is 115 Å². The Morgan fingerprint density at radius 1 is 1.25 bits per heavy atom. The van der Waals surface area contributed by atoms with Crippen LogP contribution in [0.2, 0.25) is 0 Å². The van der Waals surface area contributed by atoms with Crippen molar-refractivity contribution in [2.24, 2.45) is 0 Å². The van der Waals surface area contributed by atoms with Gasteiger partial charge in [0.2, 0.25) is 11.8 Å². The van der Waals surface area contributed by atoms with Crippen LogP contribution in [0.25, 0.3) is 0 Å². The maximum absolute atomic E-state index is 10.8. The molecule has 0 bridgehead atoms. The molecule has 1 aromatic carbocycles. The van der Waals surface area contributed by atoms with Crippen molar-refractivity contribution in [3.05, 3.63) is 45.6 Å². The summed E-state index contributed by atoms with van der Waals surface area (Å²) in [6.07, 6.45) is 0. The van der Waals surface area contributed by atoms with Gasteiger partial charge in [-0.1, -0.05) is 0 Å². The third kappa shape index (κ3) is 3.00. The highest BCUT2D eigenvalue weighted by atomic mass is 16.6. The Morgan fingerprint density at radius 2 is 2.00 bits per heavy atom. The van der Waals surface area contributed by atoms with Crippen LogP contribution in [0.4, 0.5) is 11.6 Å². The van der Waals surface area contributed by atoms with E-state index in [4.69, 9.17) is 4.74 Å². The summed E-state index contributed by atoms with van der Waals surface area (Å²) in [5, 5.41) is 13.6. The molecule has 1 N–H and O–H groups in total. The molecule has 0 saturated carbocycles. The van der Waals surface area contributed by atoms with E-state index < -0.39 is 4.92 Å². The molecule has 0 unspecified atom stereocenters. The molecule has 1 aromatic heterocycles. The monoisotopic (exact) mass is 274 g/mol. The number of aromatic nitrogens is 2. The molecule has 0 aliphatic rings. The lowest BCUT2D eigenvalue weighted by atomic mass is 10.2. The van der Waals surface area contributed by atoms with Gasteiger partial charge < -0.3 is 10.1 Å². The zero-order chi connectivity index (χ0) is 14.7. The maximum Gasteiger partial charge on any atom is 0.272 e. The molecule has 1 heterocycles. The van der Waals surface area contributed by atoms with Gasteiger partial charge in [-0.2, -0.15) is 4.98 Å². The van der Waals surface area contributed by atoms with Crippen LogP contribution in [-0.2, 0) is 0 Å². The fraction of sp³-hybridized carbons (Fsp3) is 0.231. The molecular formula is C13H14N4O3. The lowest BCUT2D eigenvalue weighted by molar-refractivity contribution is -0.385. The molecule has 0 aliphatic carbocycles. The van der Waals surface area contributed by atoms with Gasteiger partial charge >= 0.3 is 0 Å². The van der Waals surface area contributed by atoms with Crippen LogP contribution in [-0.4, -0.2) is 21.9 Å². The topological polar surface area (TPSA) is 90.2 Å². The molecule has 0 amide bonds. The van der Waals surface area contributed by atoms with Gasteiger partial charge in [-0.25, -0.2) is 4.98 Å². The third-order valence-electron chi connectivity index (χ3n) is 2.64. The van der Waals surface area contributed by atoms with Crippen molar-refractivity contribution in [1.82, 2.24) is 9.97 Å². The molecule has 0 aliphatic heterocycles. The Bertz CT molecular complexity index is 658. The molecule has 7 heteroatoms. The van der Waals surface area contributed by atoms with Crippen LogP contribution >= 0.6 is 0 Å². The largest absolute Gasteiger partial charge is 0.439 e. The lowest BCUT2D eigenvalue weighted by Gasteiger charge is -2.08. The molecule has 20 heavy (non-hydrogen) atoms. The van der Waals surface area contributed by atoms with Crippen molar-refractivity contribution in [3.8, 4) is 11.6 Å². The Morgan fingerprint density at radius 3 is 2.60 bits per heavy atom. The number of rotatable bonds is 4. The second-order valence-electron chi connectivity index (χ2n) is 4.23. The van der Waals surface area contributed by atoms with Gasteiger partial charge in [0.1, 0.15) is 5.75 Å². The highest BCUT2D eigenvalue weighted by Gasteiger charge is 2.11. The van der Waals surface area contributed by atoms with Crippen molar-refractivity contribution < 1.29 is 9.66 Å². The van der Waals surface area contributed by atoms with Gasteiger partial charge in [0.05, 0.1) is 4.92 Å². The second-order valence-corrected chi connectivity index (χ2v) is 4.23. The normalized spacial score (nSPS) is 10.2. The minimum absolute atomic E-state index is 0.0622. The third-order valence-corrected chi connectivity index (χ3v) is 2.64. The van der Waals surface area contributed by atoms with Crippen LogP contribution in [0.15, 0.2) is 24.3 Å². The number of ether oxygens (including phenoxy) is 1. The zero-order valence-electron chi connectivity index (χ0n) is 11.4. The van der Waals surface area contributed by atoms with Crippen LogP contribution < -0.4 is 10.1 Å². The average molecular weight is 274 g/mol. The Hall–Kier alpha value is -2.70. The van der Waals surface area contributed by atoms with Crippen LogP contribution in [0.3, 0.4) is 0 Å². The molecule has 2 aromatic rings. The smallest absolute Gasteiger partial charge is 0.272 e. The van der Waals surface area contributed by atoms with E-state index >= 15 is 0 Å². The van der Waals surface area contributed by atoms with E-state index in [-0.39, 0.29) is 5.69 Å². The first-order chi connectivity index (χ1) is 9.49. The van der Waals surface area contributed by atoms with E-state index in [0.29, 0.717) is 23.1 Å². The first-order valence-electron chi connectivity index (χ1n) is 5.96. The lowest BCUT2D eigenvalue weighted by Crippen LogP contribution is -2.00. The molecule has 0 fully saturated rings. The predicted molar refractivity (Wildman–Crippen MR) is 74.2 cm³/mol. The Kier molecular flexibility index (Phi) is 3.79. The minimum Gasteiger partial charge on any atom is -0.439 e. The number of anilines is 1. The Balaban J connectivity index is 2.28. The van der Waals surface area contributed by atoms with Gasteiger partial charge in [-0.3, -0.25) is 10.1 Å². The highest BCUT2D eigenvalue weighted by Crippen LogP contribution is 2.26. The minimum atomic E-state index is -0.424. The fourth-order valence-electron chi connectivity index (χ4n) is 1.72. The van der Waals surface area contributed by atoms with E-state index in [0.717, 1.165) is 5.69 Å². The molecule has 0 atom stereocenters. The van der Waals surface area contributed by atoms with Gasteiger partial charge in [0.15, 0.2) is 0 Å². The summed E-state index contributed by atoms with van der Waals surface area (Å²) in [7, 11) is 1.72.